The lowest BCUT2D eigenvalue weighted by molar-refractivity contribution is 1.13. The lowest BCUT2D eigenvalue weighted by atomic mass is 10.1. The molecule has 0 atom stereocenters. The average molecular weight is 277 g/mol. The number of aromatic nitrogens is 1. The Bertz CT molecular complexity index is 466. The quantitative estimate of drug-likeness (QED) is 0.923. The van der Waals surface area contributed by atoms with Gasteiger partial charge in [-0.2, -0.15) is 0 Å². The summed E-state index contributed by atoms with van der Waals surface area (Å²) in [6, 6.07) is 10.5. The average Bonchev–Trinajstić information content (AvgIpc) is 2.30. The van der Waals surface area contributed by atoms with Gasteiger partial charge in [-0.25, -0.2) is 0 Å². The lowest BCUT2D eigenvalue weighted by Crippen LogP contribution is -2.00. The minimum Gasteiger partial charge on any atom is -0.380 e. The zero-order valence-corrected chi connectivity index (χ0v) is 10.7. The monoisotopic (exact) mass is 276 g/mol. The highest BCUT2D eigenvalue weighted by Gasteiger charge is 1.98. The fourth-order valence-electron chi connectivity index (χ4n) is 1.42. The number of hydrogen-bond acceptors (Lipinski definition) is 2. The van der Waals surface area contributed by atoms with Crippen LogP contribution in [0.25, 0.3) is 0 Å². The van der Waals surface area contributed by atoms with Crippen LogP contribution < -0.4 is 5.32 Å². The molecule has 2 nitrogen and oxygen atoms in total. The third-order valence-electron chi connectivity index (χ3n) is 2.38. The lowest BCUT2D eigenvalue weighted by Gasteiger charge is -2.08. The number of pyridine rings is 1. The molecule has 1 aromatic carbocycles. The summed E-state index contributed by atoms with van der Waals surface area (Å²) in [4.78, 5) is 4.02. The van der Waals surface area contributed by atoms with Gasteiger partial charge in [0.2, 0.25) is 0 Å². The second-order valence-corrected chi connectivity index (χ2v) is 4.55. The first kappa shape index (κ1) is 11.1. The molecule has 0 aliphatic heterocycles. The van der Waals surface area contributed by atoms with E-state index in [-0.39, 0.29) is 0 Å². The normalized spacial score (nSPS) is 10.1. The largest absolute Gasteiger partial charge is 0.380 e. The molecule has 1 N–H and O–H groups in total. The number of hydrogen-bond donors (Lipinski definition) is 1. The minimum atomic E-state index is 0.822. The van der Waals surface area contributed by atoms with E-state index in [2.05, 4.69) is 57.4 Å². The molecule has 0 saturated heterocycles. The van der Waals surface area contributed by atoms with Gasteiger partial charge in [-0.3, -0.25) is 4.98 Å². The summed E-state index contributed by atoms with van der Waals surface area (Å²) in [5, 5.41) is 3.36. The summed E-state index contributed by atoms with van der Waals surface area (Å²) in [6.07, 6.45) is 3.57. The maximum atomic E-state index is 4.02. The van der Waals surface area contributed by atoms with Crippen LogP contribution in [-0.2, 0) is 6.54 Å². The molecular weight excluding hydrogens is 264 g/mol. The van der Waals surface area contributed by atoms with E-state index in [9.17, 15) is 0 Å². The third-order valence-corrected chi connectivity index (χ3v) is 3.01. The van der Waals surface area contributed by atoms with Crippen LogP contribution in [0.1, 0.15) is 11.1 Å². The molecule has 2 aromatic rings. The van der Waals surface area contributed by atoms with Crippen LogP contribution >= 0.6 is 15.9 Å². The fourth-order valence-corrected chi connectivity index (χ4v) is 1.81. The van der Waals surface area contributed by atoms with E-state index < -0.39 is 0 Å². The van der Waals surface area contributed by atoms with Crippen LogP contribution in [0, 0.1) is 6.92 Å². The van der Waals surface area contributed by atoms with Crippen molar-refractivity contribution < 1.29 is 0 Å². The van der Waals surface area contributed by atoms with Gasteiger partial charge in [-0.15, -0.1) is 0 Å². The van der Waals surface area contributed by atoms with Gasteiger partial charge in [0.1, 0.15) is 0 Å². The molecule has 0 unspecified atom stereocenters. The predicted octanol–water partition coefficient (Wildman–Crippen LogP) is 3.76. The minimum absolute atomic E-state index is 0.822. The molecule has 2 rings (SSSR count). The van der Waals surface area contributed by atoms with Gasteiger partial charge in [0.25, 0.3) is 0 Å². The smallest absolute Gasteiger partial charge is 0.0590 e. The van der Waals surface area contributed by atoms with Crippen molar-refractivity contribution in [2.45, 2.75) is 13.5 Å². The van der Waals surface area contributed by atoms with E-state index in [1.54, 1.807) is 12.4 Å². The summed E-state index contributed by atoms with van der Waals surface area (Å²) >= 11 is 3.46. The summed E-state index contributed by atoms with van der Waals surface area (Å²) in [6.45, 7) is 2.92. The van der Waals surface area contributed by atoms with Crippen LogP contribution in [-0.4, -0.2) is 4.98 Å². The van der Waals surface area contributed by atoms with Crippen molar-refractivity contribution in [3.8, 4) is 0 Å². The van der Waals surface area contributed by atoms with Crippen molar-refractivity contribution in [3.05, 3.63) is 58.3 Å². The summed E-state index contributed by atoms with van der Waals surface area (Å²) in [5.41, 5.74) is 3.62. The molecule has 0 saturated carbocycles. The van der Waals surface area contributed by atoms with E-state index in [0.29, 0.717) is 0 Å². The van der Waals surface area contributed by atoms with Gasteiger partial charge in [0.15, 0.2) is 0 Å². The zero-order valence-electron chi connectivity index (χ0n) is 9.07. The highest BCUT2D eigenvalue weighted by Crippen LogP contribution is 2.20. The number of aryl methyl sites for hydroxylation is 1. The van der Waals surface area contributed by atoms with Crippen molar-refractivity contribution >= 4 is 21.6 Å². The topological polar surface area (TPSA) is 24.9 Å². The summed E-state index contributed by atoms with van der Waals surface area (Å²) in [5.74, 6) is 0. The van der Waals surface area contributed by atoms with E-state index in [4.69, 9.17) is 0 Å². The SMILES string of the molecule is Cc1ccc(CNc2ccncc2Br)cc1. The number of rotatable bonds is 3. The summed E-state index contributed by atoms with van der Waals surface area (Å²) < 4.78 is 0.988. The third kappa shape index (κ3) is 2.83. The Labute approximate surface area is 104 Å². The van der Waals surface area contributed by atoms with Gasteiger partial charge in [-0.1, -0.05) is 29.8 Å². The molecule has 0 aliphatic rings. The number of benzene rings is 1. The van der Waals surface area contributed by atoms with Gasteiger partial charge in [0.05, 0.1) is 10.2 Å². The predicted molar refractivity (Wildman–Crippen MR) is 70.4 cm³/mol. The number of halogens is 1. The van der Waals surface area contributed by atoms with E-state index in [1.165, 1.54) is 11.1 Å². The maximum absolute atomic E-state index is 4.02. The van der Waals surface area contributed by atoms with E-state index >= 15 is 0 Å². The standard InChI is InChI=1S/C13H13BrN2/c1-10-2-4-11(5-3-10)8-16-13-6-7-15-9-12(13)14/h2-7,9H,8H2,1H3,(H,15,16). The molecule has 1 aromatic heterocycles. The van der Waals surface area contributed by atoms with Gasteiger partial charge >= 0.3 is 0 Å². The molecule has 1 heterocycles. The molecule has 0 radical (unpaired) electrons. The van der Waals surface area contributed by atoms with Crippen LogP contribution in [0.4, 0.5) is 5.69 Å². The van der Waals surface area contributed by atoms with Crippen LogP contribution in [0.15, 0.2) is 47.2 Å². The highest BCUT2D eigenvalue weighted by molar-refractivity contribution is 9.10. The van der Waals surface area contributed by atoms with Crippen LogP contribution in [0.3, 0.4) is 0 Å². The Hall–Kier alpha value is -1.35. The molecule has 0 aliphatic carbocycles. The first-order valence-electron chi connectivity index (χ1n) is 5.14. The molecular formula is C13H13BrN2. The Balaban J connectivity index is 2.02. The first-order valence-corrected chi connectivity index (χ1v) is 5.94. The number of nitrogens with one attached hydrogen (secondary N) is 1. The Morgan fingerprint density at radius 2 is 1.94 bits per heavy atom. The zero-order chi connectivity index (χ0) is 11.4. The Morgan fingerprint density at radius 3 is 2.62 bits per heavy atom. The van der Waals surface area contributed by atoms with Crippen molar-refractivity contribution in [3.63, 3.8) is 0 Å². The Kier molecular flexibility index (Phi) is 3.57. The van der Waals surface area contributed by atoms with Gasteiger partial charge in [0, 0.05) is 18.9 Å². The molecule has 0 amide bonds. The van der Waals surface area contributed by atoms with Crippen LogP contribution in [0.2, 0.25) is 0 Å². The van der Waals surface area contributed by atoms with E-state index in [0.717, 1.165) is 16.7 Å². The van der Waals surface area contributed by atoms with Crippen molar-refractivity contribution in [1.82, 2.24) is 4.98 Å². The molecule has 0 bridgehead atoms. The van der Waals surface area contributed by atoms with Gasteiger partial charge in [-0.05, 0) is 34.5 Å². The van der Waals surface area contributed by atoms with Crippen molar-refractivity contribution in [2.24, 2.45) is 0 Å². The second-order valence-electron chi connectivity index (χ2n) is 3.69. The maximum Gasteiger partial charge on any atom is 0.0590 e. The second kappa shape index (κ2) is 5.12. The van der Waals surface area contributed by atoms with Gasteiger partial charge < -0.3 is 5.32 Å². The number of anilines is 1. The molecule has 3 heteroatoms. The molecule has 0 fully saturated rings. The first-order chi connectivity index (χ1) is 7.75. The van der Waals surface area contributed by atoms with E-state index in [1.807, 2.05) is 6.07 Å². The summed E-state index contributed by atoms with van der Waals surface area (Å²) in [7, 11) is 0. The van der Waals surface area contributed by atoms with Crippen molar-refractivity contribution in [2.75, 3.05) is 5.32 Å². The van der Waals surface area contributed by atoms with Crippen molar-refractivity contribution in [1.29, 1.82) is 0 Å². The Morgan fingerprint density at radius 1 is 1.19 bits per heavy atom. The number of nitrogens with zero attached hydrogens (tertiary/aromatic N) is 1. The highest BCUT2D eigenvalue weighted by atomic mass is 79.9. The molecule has 82 valence electrons. The molecule has 0 spiro atoms. The fraction of sp³-hybridized carbons (Fsp3) is 0.154. The molecule has 16 heavy (non-hydrogen) atoms. The van der Waals surface area contributed by atoms with Crippen LogP contribution in [0.5, 0.6) is 0 Å².